The second-order valence-corrected chi connectivity index (χ2v) is 5.01. The molecule has 0 N–H and O–H groups in total. The Bertz CT molecular complexity index is 771. The summed E-state index contributed by atoms with van der Waals surface area (Å²) in [6.45, 7) is 2.58. The molecule has 3 aromatic rings. The Kier molecular flexibility index (Phi) is 3.21. The van der Waals surface area contributed by atoms with Crippen LogP contribution in [0.3, 0.4) is 0 Å². The average molecular weight is 292 g/mol. The molecular weight excluding hydrogens is 281 g/mol. The minimum Gasteiger partial charge on any atom is -0.494 e. The van der Waals surface area contributed by atoms with Crippen LogP contribution in [0.2, 0.25) is 10.0 Å². The third-order valence-corrected chi connectivity index (χ3v) is 3.59. The Labute approximate surface area is 120 Å². The van der Waals surface area contributed by atoms with Gasteiger partial charge in [0.15, 0.2) is 0 Å². The summed E-state index contributed by atoms with van der Waals surface area (Å²) in [6.07, 6.45) is 0. The van der Waals surface area contributed by atoms with E-state index >= 15 is 0 Å². The normalized spacial score (nSPS) is 11.1. The molecule has 0 aliphatic carbocycles. The lowest BCUT2D eigenvalue weighted by atomic mass is 10.1. The SMILES string of the molecule is CCOc1ccc2nc3cc(Cl)ccc3c(Cl)c2c1. The van der Waals surface area contributed by atoms with Crippen molar-refractivity contribution in [1.29, 1.82) is 0 Å². The van der Waals surface area contributed by atoms with E-state index in [4.69, 9.17) is 27.9 Å². The molecule has 0 bridgehead atoms. The molecule has 0 aliphatic rings. The van der Waals surface area contributed by atoms with Gasteiger partial charge in [0.2, 0.25) is 0 Å². The second-order valence-electron chi connectivity index (χ2n) is 4.20. The van der Waals surface area contributed by atoms with E-state index in [2.05, 4.69) is 4.98 Å². The van der Waals surface area contributed by atoms with Crippen molar-refractivity contribution in [3.05, 3.63) is 46.4 Å². The number of nitrogens with zero attached hydrogens (tertiary/aromatic N) is 1. The van der Waals surface area contributed by atoms with Crippen molar-refractivity contribution >= 4 is 45.0 Å². The Hall–Kier alpha value is -1.51. The number of hydrogen-bond donors (Lipinski definition) is 0. The molecule has 3 rings (SSSR count). The quantitative estimate of drug-likeness (QED) is 0.613. The number of ether oxygens (including phenoxy) is 1. The van der Waals surface area contributed by atoms with Crippen molar-refractivity contribution < 1.29 is 4.74 Å². The predicted molar refractivity (Wildman–Crippen MR) is 80.4 cm³/mol. The van der Waals surface area contributed by atoms with Crippen LogP contribution in [-0.2, 0) is 0 Å². The molecule has 1 heterocycles. The highest BCUT2D eigenvalue weighted by molar-refractivity contribution is 6.40. The molecule has 19 heavy (non-hydrogen) atoms. The topological polar surface area (TPSA) is 22.1 Å². The van der Waals surface area contributed by atoms with E-state index in [1.807, 2.05) is 43.3 Å². The van der Waals surface area contributed by atoms with Gasteiger partial charge in [0, 0.05) is 15.8 Å². The van der Waals surface area contributed by atoms with Crippen LogP contribution in [0.25, 0.3) is 21.8 Å². The highest BCUT2D eigenvalue weighted by Crippen LogP contribution is 2.33. The first-order chi connectivity index (χ1) is 9.19. The molecule has 0 spiro atoms. The number of halogens is 2. The van der Waals surface area contributed by atoms with E-state index in [0.29, 0.717) is 16.7 Å². The monoisotopic (exact) mass is 291 g/mol. The third kappa shape index (κ3) is 2.22. The van der Waals surface area contributed by atoms with Crippen LogP contribution in [0.1, 0.15) is 6.92 Å². The fraction of sp³-hybridized carbons (Fsp3) is 0.133. The Balaban J connectivity index is 2.33. The number of benzene rings is 2. The summed E-state index contributed by atoms with van der Waals surface area (Å²) in [4.78, 5) is 4.58. The van der Waals surface area contributed by atoms with E-state index < -0.39 is 0 Å². The molecular formula is C15H11Cl2NO. The number of fused-ring (bicyclic) bond motifs is 2. The molecule has 2 nitrogen and oxygen atoms in total. The largest absolute Gasteiger partial charge is 0.494 e. The van der Waals surface area contributed by atoms with Gasteiger partial charge in [0.05, 0.1) is 22.7 Å². The fourth-order valence-electron chi connectivity index (χ4n) is 2.10. The maximum absolute atomic E-state index is 6.46. The van der Waals surface area contributed by atoms with Crippen LogP contribution < -0.4 is 4.74 Å². The Morgan fingerprint density at radius 1 is 1.00 bits per heavy atom. The Morgan fingerprint density at radius 2 is 1.84 bits per heavy atom. The molecule has 96 valence electrons. The van der Waals surface area contributed by atoms with Gasteiger partial charge in [-0.15, -0.1) is 0 Å². The smallest absolute Gasteiger partial charge is 0.120 e. The summed E-state index contributed by atoms with van der Waals surface area (Å²) in [6, 6.07) is 11.2. The molecule has 0 radical (unpaired) electrons. The van der Waals surface area contributed by atoms with Crippen molar-refractivity contribution in [3.63, 3.8) is 0 Å². The minimum atomic E-state index is 0.625. The van der Waals surface area contributed by atoms with Gasteiger partial charge in [0.1, 0.15) is 5.75 Å². The summed E-state index contributed by atoms with van der Waals surface area (Å²) < 4.78 is 5.49. The first kappa shape index (κ1) is 12.5. The molecule has 0 saturated heterocycles. The van der Waals surface area contributed by atoms with Crippen LogP contribution >= 0.6 is 23.2 Å². The third-order valence-electron chi connectivity index (χ3n) is 2.95. The van der Waals surface area contributed by atoms with E-state index in [1.165, 1.54) is 0 Å². The molecule has 4 heteroatoms. The average Bonchev–Trinajstić information content (AvgIpc) is 2.40. The van der Waals surface area contributed by atoms with Crippen molar-refractivity contribution in [2.45, 2.75) is 6.92 Å². The van der Waals surface area contributed by atoms with E-state index in [1.54, 1.807) is 0 Å². The van der Waals surface area contributed by atoms with E-state index in [9.17, 15) is 0 Å². The molecule has 0 atom stereocenters. The zero-order chi connectivity index (χ0) is 13.4. The number of hydrogen-bond acceptors (Lipinski definition) is 2. The molecule has 0 fully saturated rings. The van der Waals surface area contributed by atoms with Crippen molar-refractivity contribution in [1.82, 2.24) is 4.98 Å². The van der Waals surface area contributed by atoms with Crippen LogP contribution in [0.15, 0.2) is 36.4 Å². The van der Waals surface area contributed by atoms with E-state index in [-0.39, 0.29) is 0 Å². The van der Waals surface area contributed by atoms with Gasteiger partial charge in [0.25, 0.3) is 0 Å². The lowest BCUT2D eigenvalue weighted by Gasteiger charge is -2.08. The first-order valence-corrected chi connectivity index (χ1v) is 6.76. The van der Waals surface area contributed by atoms with E-state index in [0.717, 1.165) is 27.6 Å². The lowest BCUT2D eigenvalue weighted by Crippen LogP contribution is -1.92. The zero-order valence-corrected chi connectivity index (χ0v) is 11.8. The van der Waals surface area contributed by atoms with Crippen molar-refractivity contribution in [2.24, 2.45) is 0 Å². The number of rotatable bonds is 2. The minimum absolute atomic E-state index is 0.625. The molecule has 0 saturated carbocycles. The maximum atomic E-state index is 6.46. The van der Waals surface area contributed by atoms with Crippen LogP contribution in [0, 0.1) is 0 Å². The highest BCUT2D eigenvalue weighted by atomic mass is 35.5. The van der Waals surface area contributed by atoms with Gasteiger partial charge in [-0.2, -0.15) is 0 Å². The van der Waals surface area contributed by atoms with Gasteiger partial charge < -0.3 is 4.74 Å². The second kappa shape index (κ2) is 4.87. The van der Waals surface area contributed by atoms with Gasteiger partial charge in [-0.05, 0) is 43.3 Å². The molecule has 0 unspecified atom stereocenters. The molecule has 0 amide bonds. The summed E-state index contributed by atoms with van der Waals surface area (Å²) in [7, 11) is 0. The zero-order valence-electron chi connectivity index (χ0n) is 10.3. The van der Waals surface area contributed by atoms with Crippen LogP contribution in [0.4, 0.5) is 0 Å². The summed E-state index contributed by atoms with van der Waals surface area (Å²) in [5.74, 6) is 0.798. The molecule has 2 aromatic carbocycles. The van der Waals surface area contributed by atoms with Crippen LogP contribution in [-0.4, -0.2) is 11.6 Å². The molecule has 1 aromatic heterocycles. The number of pyridine rings is 1. The summed E-state index contributed by atoms with van der Waals surface area (Å²) in [5.41, 5.74) is 1.64. The van der Waals surface area contributed by atoms with Gasteiger partial charge >= 0.3 is 0 Å². The van der Waals surface area contributed by atoms with Crippen molar-refractivity contribution in [3.8, 4) is 5.75 Å². The predicted octanol–water partition coefficient (Wildman–Crippen LogP) is 5.09. The maximum Gasteiger partial charge on any atom is 0.120 e. The lowest BCUT2D eigenvalue weighted by molar-refractivity contribution is 0.340. The first-order valence-electron chi connectivity index (χ1n) is 6.00. The number of aromatic nitrogens is 1. The van der Waals surface area contributed by atoms with Gasteiger partial charge in [-0.25, -0.2) is 4.98 Å². The van der Waals surface area contributed by atoms with Crippen molar-refractivity contribution in [2.75, 3.05) is 6.61 Å². The fourth-order valence-corrected chi connectivity index (χ4v) is 2.58. The standard InChI is InChI=1S/C15H11Cl2NO/c1-2-19-10-4-6-13-12(8-10)15(17)11-5-3-9(16)7-14(11)18-13/h3-8H,2H2,1H3. The van der Waals surface area contributed by atoms with Gasteiger partial charge in [-0.3, -0.25) is 0 Å². The highest BCUT2D eigenvalue weighted by Gasteiger charge is 2.08. The Morgan fingerprint density at radius 3 is 2.63 bits per heavy atom. The molecule has 0 aliphatic heterocycles. The van der Waals surface area contributed by atoms with Gasteiger partial charge in [-0.1, -0.05) is 23.2 Å². The summed E-state index contributed by atoms with van der Waals surface area (Å²) in [5, 5.41) is 3.12. The summed E-state index contributed by atoms with van der Waals surface area (Å²) >= 11 is 12.4. The van der Waals surface area contributed by atoms with Crippen LogP contribution in [0.5, 0.6) is 5.75 Å².